The van der Waals surface area contributed by atoms with Crippen LogP contribution in [0.1, 0.15) is 5.69 Å². The zero-order chi connectivity index (χ0) is 8.97. The molecular formula is C7H6BrFN2O. The molecule has 1 rings (SSSR count). The Labute approximate surface area is 77.1 Å². The summed E-state index contributed by atoms with van der Waals surface area (Å²) in [6.45, 7) is 0.114. The van der Waals surface area contributed by atoms with E-state index in [9.17, 15) is 9.18 Å². The molecule has 0 bridgehead atoms. The Kier molecular flexibility index (Phi) is 3.16. The van der Waals surface area contributed by atoms with Gasteiger partial charge in [-0.2, -0.15) is 0 Å². The van der Waals surface area contributed by atoms with E-state index in [-0.39, 0.29) is 12.2 Å². The lowest BCUT2D eigenvalue weighted by atomic mass is 10.3. The largest absolute Gasteiger partial charge is 0.353 e. The van der Waals surface area contributed by atoms with Crippen LogP contribution in [-0.4, -0.2) is 11.4 Å². The van der Waals surface area contributed by atoms with Crippen LogP contribution in [0, 0.1) is 5.82 Å². The van der Waals surface area contributed by atoms with E-state index in [0.717, 1.165) is 0 Å². The lowest BCUT2D eigenvalue weighted by molar-refractivity contribution is -0.109. The summed E-state index contributed by atoms with van der Waals surface area (Å²) >= 11 is 3.07. The number of hydrogen-bond acceptors (Lipinski definition) is 2. The van der Waals surface area contributed by atoms with Gasteiger partial charge >= 0.3 is 0 Å². The van der Waals surface area contributed by atoms with Crippen LogP contribution in [0.3, 0.4) is 0 Å². The van der Waals surface area contributed by atoms with Gasteiger partial charge in [0.15, 0.2) is 0 Å². The van der Waals surface area contributed by atoms with Gasteiger partial charge in [-0.05, 0) is 22.0 Å². The number of pyridine rings is 1. The Hall–Kier alpha value is -0.970. The zero-order valence-electron chi connectivity index (χ0n) is 6.05. The van der Waals surface area contributed by atoms with Crippen LogP contribution in [0.15, 0.2) is 16.7 Å². The van der Waals surface area contributed by atoms with E-state index in [1.807, 2.05) is 0 Å². The van der Waals surface area contributed by atoms with Crippen molar-refractivity contribution in [2.75, 3.05) is 0 Å². The molecule has 12 heavy (non-hydrogen) atoms. The number of aromatic nitrogens is 1. The molecular weight excluding hydrogens is 227 g/mol. The molecule has 0 spiro atoms. The molecule has 1 heterocycles. The monoisotopic (exact) mass is 232 g/mol. The van der Waals surface area contributed by atoms with Gasteiger partial charge in [0.1, 0.15) is 5.82 Å². The van der Waals surface area contributed by atoms with Crippen molar-refractivity contribution in [2.24, 2.45) is 0 Å². The summed E-state index contributed by atoms with van der Waals surface area (Å²) < 4.78 is 13.5. The molecule has 1 N–H and O–H groups in total. The van der Waals surface area contributed by atoms with Gasteiger partial charge in [-0.1, -0.05) is 0 Å². The fourth-order valence-electron chi connectivity index (χ4n) is 0.711. The zero-order valence-corrected chi connectivity index (χ0v) is 7.64. The topological polar surface area (TPSA) is 42.0 Å². The minimum Gasteiger partial charge on any atom is -0.353 e. The molecule has 1 aromatic heterocycles. The van der Waals surface area contributed by atoms with Gasteiger partial charge in [0, 0.05) is 10.7 Å². The van der Waals surface area contributed by atoms with E-state index < -0.39 is 5.82 Å². The number of amides is 1. The highest BCUT2D eigenvalue weighted by Crippen LogP contribution is 2.11. The molecule has 0 aliphatic heterocycles. The highest BCUT2D eigenvalue weighted by Gasteiger charge is 2.02. The molecule has 0 saturated heterocycles. The van der Waals surface area contributed by atoms with Gasteiger partial charge in [-0.25, -0.2) is 4.39 Å². The molecule has 0 aromatic carbocycles. The standard InChI is InChI=1S/C7H6BrFN2O/c8-5-1-6(9)7(11-2-5)3-10-4-12/h1-2,4H,3H2,(H,10,12). The molecule has 0 aliphatic carbocycles. The third-order valence-electron chi connectivity index (χ3n) is 1.24. The van der Waals surface area contributed by atoms with Crippen molar-refractivity contribution in [3.8, 4) is 0 Å². The maximum absolute atomic E-state index is 12.9. The van der Waals surface area contributed by atoms with Gasteiger partial charge in [-0.3, -0.25) is 9.78 Å². The molecule has 3 nitrogen and oxygen atoms in total. The summed E-state index contributed by atoms with van der Waals surface area (Å²) in [5.74, 6) is -0.432. The summed E-state index contributed by atoms with van der Waals surface area (Å²) in [4.78, 5) is 13.7. The van der Waals surface area contributed by atoms with Crippen molar-refractivity contribution in [3.63, 3.8) is 0 Å². The molecule has 5 heteroatoms. The SMILES string of the molecule is O=CNCc1ncc(Br)cc1F. The van der Waals surface area contributed by atoms with E-state index >= 15 is 0 Å². The maximum Gasteiger partial charge on any atom is 0.207 e. The number of hydrogen-bond donors (Lipinski definition) is 1. The normalized spacial score (nSPS) is 9.50. The molecule has 1 amide bonds. The van der Waals surface area contributed by atoms with Crippen molar-refractivity contribution in [3.05, 3.63) is 28.2 Å². The molecule has 0 unspecified atom stereocenters. The van der Waals surface area contributed by atoms with Crippen LogP contribution in [-0.2, 0) is 11.3 Å². The highest BCUT2D eigenvalue weighted by atomic mass is 79.9. The van der Waals surface area contributed by atoms with Crippen LogP contribution < -0.4 is 5.32 Å². The first kappa shape index (κ1) is 9.12. The highest BCUT2D eigenvalue weighted by molar-refractivity contribution is 9.10. The van der Waals surface area contributed by atoms with Gasteiger partial charge in [0.05, 0.1) is 12.2 Å². The van der Waals surface area contributed by atoms with Gasteiger partial charge in [0.2, 0.25) is 6.41 Å². The second-order valence-corrected chi connectivity index (χ2v) is 3.00. The molecule has 0 fully saturated rings. The van der Waals surface area contributed by atoms with Crippen molar-refractivity contribution in [1.29, 1.82) is 0 Å². The molecule has 0 saturated carbocycles. The summed E-state index contributed by atoms with van der Waals surface area (Å²) in [7, 11) is 0. The predicted octanol–water partition coefficient (Wildman–Crippen LogP) is 1.23. The van der Waals surface area contributed by atoms with Crippen molar-refractivity contribution in [1.82, 2.24) is 10.3 Å². The van der Waals surface area contributed by atoms with Gasteiger partial charge in [0.25, 0.3) is 0 Å². The average molecular weight is 233 g/mol. The number of nitrogens with one attached hydrogen (secondary N) is 1. The quantitative estimate of drug-likeness (QED) is 0.797. The second kappa shape index (κ2) is 4.15. The fourth-order valence-corrected chi connectivity index (χ4v) is 1.01. The molecule has 1 aromatic rings. The number of halogens is 2. The van der Waals surface area contributed by atoms with Crippen LogP contribution in [0.2, 0.25) is 0 Å². The maximum atomic E-state index is 12.9. The van der Waals surface area contributed by atoms with Gasteiger partial charge < -0.3 is 5.32 Å². The van der Waals surface area contributed by atoms with Crippen LogP contribution >= 0.6 is 15.9 Å². The molecule has 0 aliphatic rings. The van der Waals surface area contributed by atoms with E-state index in [1.165, 1.54) is 12.3 Å². The van der Waals surface area contributed by atoms with E-state index in [4.69, 9.17) is 0 Å². The second-order valence-electron chi connectivity index (χ2n) is 2.08. The number of nitrogens with zero attached hydrogens (tertiary/aromatic N) is 1. The fraction of sp³-hybridized carbons (Fsp3) is 0.143. The first-order valence-electron chi connectivity index (χ1n) is 3.21. The van der Waals surface area contributed by atoms with E-state index in [1.54, 1.807) is 0 Å². The number of carbonyl (C=O) groups excluding carboxylic acids is 1. The summed E-state index contributed by atoms with van der Waals surface area (Å²) in [5.41, 5.74) is 0.227. The Morgan fingerprint density at radius 1 is 1.75 bits per heavy atom. The minimum atomic E-state index is -0.432. The first-order valence-corrected chi connectivity index (χ1v) is 4.00. The Morgan fingerprint density at radius 2 is 2.50 bits per heavy atom. The number of carbonyl (C=O) groups is 1. The first-order chi connectivity index (χ1) is 5.74. The summed E-state index contributed by atoms with van der Waals surface area (Å²) in [5, 5.41) is 2.33. The Balaban J connectivity index is 2.78. The summed E-state index contributed by atoms with van der Waals surface area (Å²) in [6, 6.07) is 1.30. The minimum absolute atomic E-state index is 0.114. The number of rotatable bonds is 3. The Bertz CT molecular complexity index is 293. The lowest BCUT2D eigenvalue weighted by Crippen LogP contribution is -2.12. The third kappa shape index (κ3) is 2.27. The molecule has 0 radical (unpaired) electrons. The van der Waals surface area contributed by atoms with E-state index in [0.29, 0.717) is 10.9 Å². The van der Waals surface area contributed by atoms with Crippen LogP contribution in [0.4, 0.5) is 4.39 Å². The Morgan fingerprint density at radius 3 is 3.08 bits per heavy atom. The average Bonchev–Trinajstić information content (AvgIpc) is 2.03. The van der Waals surface area contributed by atoms with Gasteiger partial charge in [-0.15, -0.1) is 0 Å². The van der Waals surface area contributed by atoms with Crippen molar-refractivity contribution in [2.45, 2.75) is 6.54 Å². The lowest BCUT2D eigenvalue weighted by Gasteiger charge is -2.00. The van der Waals surface area contributed by atoms with E-state index in [2.05, 4.69) is 26.2 Å². The van der Waals surface area contributed by atoms with Crippen LogP contribution in [0.25, 0.3) is 0 Å². The predicted molar refractivity (Wildman–Crippen MR) is 44.8 cm³/mol. The molecule has 64 valence electrons. The van der Waals surface area contributed by atoms with Crippen LogP contribution in [0.5, 0.6) is 0 Å². The van der Waals surface area contributed by atoms with Crippen molar-refractivity contribution < 1.29 is 9.18 Å². The smallest absolute Gasteiger partial charge is 0.207 e. The summed E-state index contributed by atoms with van der Waals surface area (Å²) in [6.07, 6.45) is 1.98. The molecule has 0 atom stereocenters. The van der Waals surface area contributed by atoms with Crippen molar-refractivity contribution >= 4 is 22.3 Å². The third-order valence-corrected chi connectivity index (χ3v) is 1.67.